The lowest BCUT2D eigenvalue weighted by Crippen LogP contribution is -2.46. The lowest BCUT2D eigenvalue weighted by atomic mass is 10.1. The van der Waals surface area contributed by atoms with Gasteiger partial charge >= 0.3 is 0 Å². The minimum Gasteiger partial charge on any atom is -0.382 e. The smallest absolute Gasteiger partial charge is 0.274 e. The number of hydrogen-bond donors (Lipinski definition) is 4. The zero-order chi connectivity index (χ0) is 20.9. The lowest BCUT2D eigenvalue weighted by molar-refractivity contribution is 0.0921. The molecule has 0 spiro atoms. The molecule has 1 aromatic carbocycles. The molecule has 2 fully saturated rings. The van der Waals surface area contributed by atoms with Gasteiger partial charge in [-0.3, -0.25) is 9.59 Å². The standard InChI is InChI=1S/C22H28N6O2/c23-20-19(22(30)27-17-9-4-10-24-12-17)28-18(13-25-20)14-5-3-6-15(11-14)21(29)26-16-7-1-2-8-16/h3,5-6,11,13,16-17,24H,1-2,4,7-10,12H2,(H2,23,25)(H,26,29)(H,27,30)/t17-/m0/s1. The van der Waals surface area contributed by atoms with Crippen molar-refractivity contribution in [1.29, 1.82) is 0 Å². The highest BCUT2D eigenvalue weighted by Crippen LogP contribution is 2.22. The average Bonchev–Trinajstić information content (AvgIpc) is 3.28. The van der Waals surface area contributed by atoms with Gasteiger partial charge in [0.2, 0.25) is 0 Å². The van der Waals surface area contributed by atoms with Gasteiger partial charge in [-0.15, -0.1) is 0 Å². The van der Waals surface area contributed by atoms with Gasteiger partial charge in [0.1, 0.15) is 0 Å². The van der Waals surface area contributed by atoms with Crippen LogP contribution in [0.4, 0.5) is 5.82 Å². The Labute approximate surface area is 176 Å². The molecule has 4 rings (SSSR count). The van der Waals surface area contributed by atoms with Crippen LogP contribution in [0.15, 0.2) is 30.5 Å². The van der Waals surface area contributed by atoms with Gasteiger partial charge < -0.3 is 21.7 Å². The van der Waals surface area contributed by atoms with E-state index in [4.69, 9.17) is 5.73 Å². The molecule has 2 amide bonds. The minimum absolute atomic E-state index is 0.0544. The summed E-state index contributed by atoms with van der Waals surface area (Å²) in [5.74, 6) is -0.323. The Morgan fingerprint density at radius 1 is 1.03 bits per heavy atom. The molecule has 158 valence electrons. The fraction of sp³-hybridized carbons (Fsp3) is 0.455. The van der Waals surface area contributed by atoms with E-state index >= 15 is 0 Å². The number of hydrogen-bond acceptors (Lipinski definition) is 6. The number of carbonyl (C=O) groups is 2. The summed E-state index contributed by atoms with van der Waals surface area (Å²) >= 11 is 0. The van der Waals surface area contributed by atoms with Gasteiger partial charge in [0, 0.05) is 29.8 Å². The Hall–Kier alpha value is -3.00. The number of piperidine rings is 1. The number of aromatic nitrogens is 2. The van der Waals surface area contributed by atoms with E-state index in [2.05, 4.69) is 25.9 Å². The molecular weight excluding hydrogens is 380 g/mol. The van der Waals surface area contributed by atoms with Crippen molar-refractivity contribution in [2.45, 2.75) is 50.6 Å². The first-order valence-electron chi connectivity index (χ1n) is 10.7. The summed E-state index contributed by atoms with van der Waals surface area (Å²) in [5.41, 5.74) is 7.83. The van der Waals surface area contributed by atoms with E-state index in [1.165, 1.54) is 6.20 Å². The van der Waals surface area contributed by atoms with Crippen molar-refractivity contribution in [1.82, 2.24) is 25.9 Å². The number of nitrogens with one attached hydrogen (secondary N) is 3. The van der Waals surface area contributed by atoms with Crippen molar-refractivity contribution in [3.63, 3.8) is 0 Å². The highest BCUT2D eigenvalue weighted by Gasteiger charge is 2.21. The van der Waals surface area contributed by atoms with Crippen LogP contribution in [-0.4, -0.2) is 47.0 Å². The number of carbonyl (C=O) groups excluding carboxylic acids is 2. The van der Waals surface area contributed by atoms with Crippen LogP contribution in [0, 0.1) is 0 Å². The van der Waals surface area contributed by atoms with E-state index in [-0.39, 0.29) is 35.4 Å². The van der Waals surface area contributed by atoms with Crippen molar-refractivity contribution in [3.8, 4) is 11.3 Å². The summed E-state index contributed by atoms with van der Waals surface area (Å²) < 4.78 is 0. The van der Waals surface area contributed by atoms with Crippen LogP contribution in [0.2, 0.25) is 0 Å². The van der Waals surface area contributed by atoms with Crippen LogP contribution < -0.4 is 21.7 Å². The third kappa shape index (κ3) is 4.76. The fourth-order valence-electron chi connectivity index (χ4n) is 4.09. The van der Waals surface area contributed by atoms with Crippen LogP contribution in [0.3, 0.4) is 0 Å². The predicted octanol–water partition coefficient (Wildman–Crippen LogP) is 1.88. The molecule has 1 aliphatic carbocycles. The van der Waals surface area contributed by atoms with E-state index in [1.54, 1.807) is 12.1 Å². The topological polar surface area (TPSA) is 122 Å². The number of anilines is 1. The molecule has 0 bridgehead atoms. The molecule has 2 aromatic rings. The molecule has 8 heteroatoms. The van der Waals surface area contributed by atoms with Crippen molar-refractivity contribution in [2.75, 3.05) is 18.8 Å². The van der Waals surface area contributed by atoms with Crippen LogP contribution in [0.5, 0.6) is 0 Å². The van der Waals surface area contributed by atoms with Crippen LogP contribution in [-0.2, 0) is 0 Å². The van der Waals surface area contributed by atoms with Gasteiger partial charge in [0.25, 0.3) is 11.8 Å². The monoisotopic (exact) mass is 408 g/mol. The zero-order valence-corrected chi connectivity index (χ0v) is 17.0. The summed E-state index contributed by atoms with van der Waals surface area (Å²) in [6.45, 7) is 1.70. The molecule has 2 aliphatic rings. The number of amides is 2. The quantitative estimate of drug-likeness (QED) is 0.599. The third-order valence-corrected chi connectivity index (χ3v) is 5.76. The first-order chi connectivity index (χ1) is 14.6. The Morgan fingerprint density at radius 3 is 2.57 bits per heavy atom. The normalized spacial score (nSPS) is 19.4. The van der Waals surface area contributed by atoms with Gasteiger partial charge in [0.15, 0.2) is 11.5 Å². The molecule has 0 unspecified atom stereocenters. The van der Waals surface area contributed by atoms with Crippen molar-refractivity contribution in [2.24, 2.45) is 0 Å². The molecule has 30 heavy (non-hydrogen) atoms. The number of rotatable bonds is 5. The first-order valence-corrected chi connectivity index (χ1v) is 10.7. The van der Waals surface area contributed by atoms with Gasteiger partial charge in [-0.05, 0) is 44.4 Å². The summed E-state index contributed by atoms with van der Waals surface area (Å²) in [4.78, 5) is 33.9. The van der Waals surface area contributed by atoms with Crippen LogP contribution in [0.25, 0.3) is 11.3 Å². The second-order valence-electron chi connectivity index (χ2n) is 8.04. The number of nitrogens with zero attached hydrogens (tertiary/aromatic N) is 2. The van der Waals surface area contributed by atoms with Crippen molar-refractivity contribution >= 4 is 17.6 Å². The van der Waals surface area contributed by atoms with Crippen LogP contribution in [0.1, 0.15) is 59.4 Å². The number of nitrogen functional groups attached to an aromatic ring is 1. The van der Waals surface area contributed by atoms with Gasteiger partial charge in [-0.1, -0.05) is 25.0 Å². The van der Waals surface area contributed by atoms with Crippen molar-refractivity contribution < 1.29 is 9.59 Å². The second-order valence-corrected chi connectivity index (χ2v) is 8.04. The van der Waals surface area contributed by atoms with E-state index < -0.39 is 0 Å². The molecule has 0 radical (unpaired) electrons. The average molecular weight is 409 g/mol. The highest BCUT2D eigenvalue weighted by atomic mass is 16.2. The highest BCUT2D eigenvalue weighted by molar-refractivity contribution is 5.97. The maximum absolute atomic E-state index is 12.7. The molecule has 1 saturated carbocycles. The maximum Gasteiger partial charge on any atom is 0.274 e. The predicted molar refractivity (Wildman–Crippen MR) is 115 cm³/mol. The van der Waals surface area contributed by atoms with Gasteiger partial charge in [-0.25, -0.2) is 9.97 Å². The molecule has 1 aliphatic heterocycles. The van der Waals surface area contributed by atoms with E-state index in [1.807, 2.05) is 12.1 Å². The number of benzene rings is 1. The zero-order valence-electron chi connectivity index (χ0n) is 17.0. The summed E-state index contributed by atoms with van der Waals surface area (Å²) in [6, 6.07) is 7.52. The summed E-state index contributed by atoms with van der Waals surface area (Å²) in [7, 11) is 0. The second kappa shape index (κ2) is 9.21. The van der Waals surface area contributed by atoms with Crippen molar-refractivity contribution in [3.05, 3.63) is 41.7 Å². The maximum atomic E-state index is 12.7. The Balaban J connectivity index is 1.51. The molecule has 5 N–H and O–H groups in total. The molecule has 1 atom stereocenters. The van der Waals surface area contributed by atoms with E-state index in [9.17, 15) is 9.59 Å². The molecule has 2 heterocycles. The largest absolute Gasteiger partial charge is 0.382 e. The van der Waals surface area contributed by atoms with E-state index in [0.717, 1.165) is 57.2 Å². The molecule has 1 aromatic heterocycles. The summed E-state index contributed by atoms with van der Waals surface area (Å²) in [6.07, 6.45) is 7.85. The first kappa shape index (κ1) is 20.3. The summed E-state index contributed by atoms with van der Waals surface area (Å²) in [5, 5.41) is 9.34. The van der Waals surface area contributed by atoms with E-state index in [0.29, 0.717) is 11.3 Å². The number of nitrogens with two attached hydrogens (primary N) is 1. The Bertz CT molecular complexity index is 920. The minimum atomic E-state index is -0.328. The molecular formula is C22H28N6O2. The Morgan fingerprint density at radius 2 is 1.80 bits per heavy atom. The SMILES string of the molecule is Nc1ncc(-c2cccc(C(=O)NC3CCCC3)c2)nc1C(=O)N[C@H]1CCCNC1. The molecule has 8 nitrogen and oxygen atoms in total. The van der Waals surface area contributed by atoms with Gasteiger partial charge in [-0.2, -0.15) is 0 Å². The third-order valence-electron chi connectivity index (χ3n) is 5.76. The lowest BCUT2D eigenvalue weighted by Gasteiger charge is -2.23. The van der Waals surface area contributed by atoms with Gasteiger partial charge in [0.05, 0.1) is 11.9 Å². The molecule has 1 saturated heterocycles. The fourth-order valence-corrected chi connectivity index (χ4v) is 4.09. The Kier molecular flexibility index (Phi) is 6.23. The van der Waals surface area contributed by atoms with Crippen LogP contribution >= 0.6 is 0 Å².